The van der Waals surface area contributed by atoms with Crippen LogP contribution in [-0.4, -0.2) is 40.4 Å². The first-order chi connectivity index (χ1) is 19.3. The fourth-order valence-electron chi connectivity index (χ4n) is 4.12. The van der Waals surface area contributed by atoms with Crippen molar-refractivity contribution in [3.8, 4) is 34.2 Å². The minimum Gasteiger partial charge on any atom is -0.497 e. The molecule has 0 aliphatic heterocycles. The molecule has 0 aliphatic carbocycles. The van der Waals surface area contributed by atoms with Crippen molar-refractivity contribution >= 4 is 45.9 Å². The summed E-state index contributed by atoms with van der Waals surface area (Å²) < 4.78 is 13.2. The van der Waals surface area contributed by atoms with Crippen LogP contribution in [0.2, 0.25) is 10.0 Å². The largest absolute Gasteiger partial charge is 0.497 e. The van der Waals surface area contributed by atoms with Gasteiger partial charge in [0.15, 0.2) is 5.75 Å². The lowest BCUT2D eigenvalue weighted by molar-refractivity contribution is -0.136. The van der Waals surface area contributed by atoms with Crippen LogP contribution in [0.25, 0.3) is 27.7 Å². The third kappa shape index (κ3) is 6.20. The summed E-state index contributed by atoms with van der Waals surface area (Å²) in [7, 11) is 1.63. The lowest BCUT2D eigenvalue weighted by atomic mass is 10.0. The smallest absolute Gasteiger partial charge is 0.305 e. The maximum atomic E-state index is 12.3. The Morgan fingerprint density at radius 3 is 2.27 bits per heavy atom. The number of benzene rings is 4. The normalized spacial score (nSPS) is 10.9. The Morgan fingerprint density at radius 2 is 1.57 bits per heavy atom. The fraction of sp³-hybridized carbons (Fsp3) is 0.100. The summed E-state index contributed by atoms with van der Waals surface area (Å²) in [5, 5.41) is 19.1. The molecular weight excluding hydrogens is 553 g/mol. The molecule has 40 heavy (non-hydrogen) atoms. The third-order valence-corrected chi connectivity index (χ3v) is 6.52. The van der Waals surface area contributed by atoms with Crippen molar-refractivity contribution in [1.82, 2.24) is 15.1 Å². The molecule has 2 N–H and O–H groups in total. The van der Waals surface area contributed by atoms with E-state index < -0.39 is 5.97 Å². The van der Waals surface area contributed by atoms with Crippen LogP contribution in [0.1, 0.15) is 16.8 Å². The number of nitrogens with one attached hydrogen (secondary N) is 1. The summed E-state index contributed by atoms with van der Waals surface area (Å²) in [5.74, 6) is 0.379. The molecule has 1 heterocycles. The van der Waals surface area contributed by atoms with E-state index in [4.69, 9.17) is 42.9 Å². The van der Waals surface area contributed by atoms with Gasteiger partial charge >= 0.3 is 5.97 Å². The van der Waals surface area contributed by atoms with Gasteiger partial charge in [-0.05, 0) is 71.4 Å². The Bertz CT molecular complexity index is 1700. The van der Waals surface area contributed by atoms with Gasteiger partial charge in [0.25, 0.3) is 5.91 Å². The number of nitrogens with zero attached hydrogens (tertiary/aromatic N) is 2. The SMILES string of the molecule is COc1ccc2cc(-c3nn(-c4cc(Cl)cc(Cl)c4)cc3Oc3ccc(C(=O)NCCC(=O)O)cc3)ccc2c1. The number of ether oxygens (including phenoxy) is 2. The molecule has 0 fully saturated rings. The van der Waals surface area contributed by atoms with Gasteiger partial charge < -0.3 is 19.9 Å². The van der Waals surface area contributed by atoms with E-state index in [1.807, 2.05) is 36.4 Å². The number of hydrogen-bond donors (Lipinski definition) is 2. The highest BCUT2D eigenvalue weighted by atomic mass is 35.5. The predicted molar refractivity (Wildman–Crippen MR) is 154 cm³/mol. The van der Waals surface area contributed by atoms with Crippen LogP contribution in [0.3, 0.4) is 0 Å². The molecule has 0 bridgehead atoms. The van der Waals surface area contributed by atoms with Gasteiger partial charge in [-0.3, -0.25) is 9.59 Å². The first kappa shape index (κ1) is 27.1. The quantitative estimate of drug-likeness (QED) is 0.196. The molecule has 0 saturated carbocycles. The number of hydrogen-bond acceptors (Lipinski definition) is 5. The number of carboxylic acids is 1. The second kappa shape index (κ2) is 11.7. The van der Waals surface area contributed by atoms with Crippen molar-refractivity contribution in [1.29, 1.82) is 0 Å². The van der Waals surface area contributed by atoms with Gasteiger partial charge in [0.1, 0.15) is 17.2 Å². The minimum atomic E-state index is -0.980. The molecule has 4 aromatic carbocycles. The van der Waals surface area contributed by atoms with Crippen molar-refractivity contribution in [2.45, 2.75) is 6.42 Å². The maximum absolute atomic E-state index is 12.3. The van der Waals surface area contributed by atoms with E-state index in [0.29, 0.717) is 38.5 Å². The number of carboxylic acid groups (broad SMARTS) is 1. The summed E-state index contributed by atoms with van der Waals surface area (Å²) >= 11 is 12.5. The van der Waals surface area contributed by atoms with Crippen LogP contribution >= 0.6 is 23.2 Å². The van der Waals surface area contributed by atoms with E-state index >= 15 is 0 Å². The number of aliphatic carboxylic acids is 1. The topological polar surface area (TPSA) is 103 Å². The second-order valence-corrected chi connectivity index (χ2v) is 9.74. The highest BCUT2D eigenvalue weighted by Crippen LogP contribution is 2.36. The zero-order valence-corrected chi connectivity index (χ0v) is 22.7. The van der Waals surface area contributed by atoms with Crippen molar-refractivity contribution in [2.75, 3.05) is 13.7 Å². The van der Waals surface area contributed by atoms with Crippen LogP contribution in [0.4, 0.5) is 0 Å². The molecule has 0 radical (unpaired) electrons. The number of carbonyl (C=O) groups is 2. The molecule has 1 aromatic heterocycles. The number of amides is 1. The van der Waals surface area contributed by atoms with E-state index in [-0.39, 0.29) is 18.9 Å². The zero-order valence-electron chi connectivity index (χ0n) is 21.2. The van der Waals surface area contributed by atoms with Crippen molar-refractivity contribution in [3.63, 3.8) is 0 Å². The summed E-state index contributed by atoms with van der Waals surface area (Å²) in [4.78, 5) is 23.0. The molecule has 8 nitrogen and oxygen atoms in total. The molecular formula is C30H23Cl2N3O5. The Morgan fingerprint density at radius 1 is 0.900 bits per heavy atom. The van der Waals surface area contributed by atoms with Gasteiger partial charge in [0.2, 0.25) is 0 Å². The number of halogens is 2. The van der Waals surface area contributed by atoms with Crippen molar-refractivity contribution < 1.29 is 24.2 Å². The highest BCUT2D eigenvalue weighted by molar-refractivity contribution is 6.34. The molecule has 0 saturated heterocycles. The van der Waals surface area contributed by atoms with Crippen LogP contribution in [0, 0.1) is 0 Å². The van der Waals surface area contributed by atoms with E-state index in [0.717, 1.165) is 22.1 Å². The molecule has 5 aromatic rings. The number of aromatic nitrogens is 2. The standard InChI is InChI=1S/C30H23Cl2N3O5/c1-39-26-9-6-19-12-21(3-2-20(19)13-26)29-27(17-35(34-29)24-15-22(31)14-23(32)16-24)40-25-7-4-18(5-8-25)30(38)33-11-10-28(36)37/h2-9,12-17H,10-11H2,1H3,(H,33,38)(H,36,37). The number of carbonyl (C=O) groups excluding carboxylic acids is 1. The second-order valence-electron chi connectivity index (χ2n) is 8.87. The van der Waals surface area contributed by atoms with E-state index in [1.54, 1.807) is 60.5 Å². The van der Waals surface area contributed by atoms with Gasteiger partial charge in [0, 0.05) is 27.7 Å². The Kier molecular flexibility index (Phi) is 7.91. The summed E-state index contributed by atoms with van der Waals surface area (Å²) in [6.07, 6.45) is 1.59. The highest BCUT2D eigenvalue weighted by Gasteiger charge is 2.17. The van der Waals surface area contributed by atoms with Gasteiger partial charge in [-0.1, -0.05) is 41.4 Å². The summed E-state index contributed by atoms with van der Waals surface area (Å²) in [5.41, 5.74) is 2.46. The Labute approximate surface area is 239 Å². The number of fused-ring (bicyclic) bond motifs is 1. The van der Waals surface area contributed by atoms with Crippen LogP contribution in [-0.2, 0) is 4.79 Å². The van der Waals surface area contributed by atoms with Gasteiger partial charge in [0.05, 0.1) is 25.4 Å². The molecule has 0 atom stereocenters. The zero-order chi connectivity index (χ0) is 28.2. The third-order valence-electron chi connectivity index (χ3n) is 6.08. The molecule has 0 spiro atoms. The van der Waals surface area contributed by atoms with Gasteiger partial charge in [-0.2, -0.15) is 5.10 Å². The molecule has 1 amide bonds. The molecule has 10 heteroatoms. The fourth-order valence-corrected chi connectivity index (χ4v) is 4.64. The Hall–Kier alpha value is -4.53. The van der Waals surface area contributed by atoms with Crippen LogP contribution < -0.4 is 14.8 Å². The molecule has 5 rings (SSSR count). The average molecular weight is 576 g/mol. The number of rotatable bonds is 9. The summed E-state index contributed by atoms with van der Waals surface area (Å²) in [6, 6.07) is 23.5. The average Bonchev–Trinajstić information content (AvgIpc) is 3.36. The van der Waals surface area contributed by atoms with Crippen LogP contribution in [0.5, 0.6) is 17.2 Å². The molecule has 202 valence electrons. The summed E-state index contributed by atoms with van der Waals surface area (Å²) in [6.45, 7) is 0.0427. The van der Waals surface area contributed by atoms with Crippen LogP contribution in [0.15, 0.2) is 85.1 Å². The lowest BCUT2D eigenvalue weighted by Crippen LogP contribution is -2.25. The minimum absolute atomic E-state index is 0.0427. The predicted octanol–water partition coefficient (Wildman–Crippen LogP) is 7.00. The monoisotopic (exact) mass is 575 g/mol. The van der Waals surface area contributed by atoms with E-state index in [2.05, 4.69) is 5.32 Å². The maximum Gasteiger partial charge on any atom is 0.305 e. The first-order valence-electron chi connectivity index (χ1n) is 12.2. The number of methoxy groups -OCH3 is 1. The molecule has 0 aliphatic rings. The molecule has 0 unspecified atom stereocenters. The van der Waals surface area contributed by atoms with E-state index in [1.165, 1.54) is 0 Å². The Balaban J connectivity index is 1.48. The van der Waals surface area contributed by atoms with Gasteiger partial charge in [-0.25, -0.2) is 4.68 Å². The van der Waals surface area contributed by atoms with Crippen molar-refractivity contribution in [3.05, 3.63) is 101 Å². The van der Waals surface area contributed by atoms with E-state index in [9.17, 15) is 9.59 Å². The first-order valence-corrected chi connectivity index (χ1v) is 13.0. The van der Waals surface area contributed by atoms with Crippen molar-refractivity contribution in [2.24, 2.45) is 0 Å². The lowest BCUT2D eigenvalue weighted by Gasteiger charge is -2.08. The van der Waals surface area contributed by atoms with Gasteiger partial charge in [-0.15, -0.1) is 0 Å².